The van der Waals surface area contributed by atoms with Gasteiger partial charge in [0.15, 0.2) is 0 Å². The highest BCUT2D eigenvalue weighted by atomic mass is 16.4. The number of aromatic nitrogens is 1. The van der Waals surface area contributed by atoms with Crippen LogP contribution in [0.1, 0.15) is 19.0 Å². The van der Waals surface area contributed by atoms with E-state index in [0.29, 0.717) is 18.7 Å². The average molecular weight is 308 g/mol. The van der Waals surface area contributed by atoms with Crippen LogP contribution in [0.15, 0.2) is 16.9 Å². The SMILES string of the molecule is Cc1cc(O)cc(=O)n1CC(=O)N1CC(C)CC(C(=O)O)C1. The van der Waals surface area contributed by atoms with Crippen molar-refractivity contribution in [2.45, 2.75) is 26.8 Å². The highest BCUT2D eigenvalue weighted by Gasteiger charge is 2.31. The van der Waals surface area contributed by atoms with E-state index in [1.807, 2.05) is 6.92 Å². The smallest absolute Gasteiger partial charge is 0.308 e. The quantitative estimate of drug-likeness (QED) is 0.843. The number of hydrogen-bond donors (Lipinski definition) is 2. The summed E-state index contributed by atoms with van der Waals surface area (Å²) in [7, 11) is 0. The van der Waals surface area contributed by atoms with Gasteiger partial charge in [0.05, 0.1) is 5.92 Å². The van der Waals surface area contributed by atoms with Gasteiger partial charge in [0, 0.05) is 24.8 Å². The molecule has 2 N–H and O–H groups in total. The summed E-state index contributed by atoms with van der Waals surface area (Å²) in [6.07, 6.45) is 0.553. The fraction of sp³-hybridized carbons (Fsp3) is 0.533. The molecule has 1 fully saturated rings. The fourth-order valence-corrected chi connectivity index (χ4v) is 2.88. The molecule has 120 valence electrons. The summed E-state index contributed by atoms with van der Waals surface area (Å²) in [5, 5.41) is 18.5. The van der Waals surface area contributed by atoms with E-state index in [-0.39, 0.29) is 30.7 Å². The molecule has 1 aromatic heterocycles. The first kappa shape index (κ1) is 16.1. The maximum Gasteiger partial charge on any atom is 0.308 e. The van der Waals surface area contributed by atoms with E-state index in [2.05, 4.69) is 0 Å². The Morgan fingerprint density at radius 1 is 1.32 bits per heavy atom. The van der Waals surface area contributed by atoms with Crippen LogP contribution in [0.4, 0.5) is 0 Å². The van der Waals surface area contributed by atoms with Crippen LogP contribution in [-0.4, -0.2) is 44.6 Å². The summed E-state index contributed by atoms with van der Waals surface area (Å²) in [4.78, 5) is 36.9. The zero-order chi connectivity index (χ0) is 16.4. The number of pyridine rings is 1. The molecule has 0 aromatic carbocycles. The molecule has 1 aliphatic heterocycles. The van der Waals surface area contributed by atoms with Crippen LogP contribution in [0.5, 0.6) is 5.75 Å². The standard InChI is InChI=1S/C15H20N2O5/c1-9-3-11(15(21)22)7-16(6-9)14(20)8-17-10(2)4-12(18)5-13(17)19/h4-5,9,11,18H,3,6-8H2,1-2H3,(H,21,22). The zero-order valence-corrected chi connectivity index (χ0v) is 12.7. The summed E-state index contributed by atoms with van der Waals surface area (Å²) in [6.45, 7) is 4.06. The van der Waals surface area contributed by atoms with Crippen LogP contribution in [0.2, 0.25) is 0 Å². The van der Waals surface area contributed by atoms with Crippen LogP contribution in [-0.2, 0) is 16.1 Å². The summed E-state index contributed by atoms with van der Waals surface area (Å²) in [6, 6.07) is 2.47. The topological polar surface area (TPSA) is 99.8 Å². The third kappa shape index (κ3) is 3.47. The van der Waals surface area contributed by atoms with E-state index in [4.69, 9.17) is 5.11 Å². The second kappa shape index (κ2) is 6.21. The molecule has 1 saturated heterocycles. The van der Waals surface area contributed by atoms with Crippen molar-refractivity contribution in [3.05, 3.63) is 28.2 Å². The number of hydrogen-bond acceptors (Lipinski definition) is 4. The van der Waals surface area contributed by atoms with Crippen molar-refractivity contribution in [2.75, 3.05) is 13.1 Å². The zero-order valence-electron chi connectivity index (χ0n) is 12.7. The second-order valence-electron chi connectivity index (χ2n) is 5.95. The lowest BCUT2D eigenvalue weighted by molar-refractivity contribution is -0.147. The lowest BCUT2D eigenvalue weighted by Crippen LogP contribution is -2.47. The molecular weight excluding hydrogens is 288 g/mol. The van der Waals surface area contributed by atoms with E-state index >= 15 is 0 Å². The minimum absolute atomic E-state index is 0.108. The van der Waals surface area contributed by atoms with Crippen molar-refractivity contribution < 1.29 is 19.8 Å². The van der Waals surface area contributed by atoms with Gasteiger partial charge < -0.3 is 19.7 Å². The summed E-state index contributed by atoms with van der Waals surface area (Å²) in [5.41, 5.74) is 0.0314. The fourth-order valence-electron chi connectivity index (χ4n) is 2.88. The summed E-state index contributed by atoms with van der Waals surface area (Å²) < 4.78 is 1.27. The third-order valence-electron chi connectivity index (χ3n) is 3.97. The first-order valence-corrected chi connectivity index (χ1v) is 7.19. The number of aromatic hydroxyl groups is 1. The normalized spacial score (nSPS) is 21.6. The Hall–Kier alpha value is -2.31. The van der Waals surface area contributed by atoms with Crippen molar-refractivity contribution in [3.63, 3.8) is 0 Å². The van der Waals surface area contributed by atoms with Crippen molar-refractivity contribution in [1.82, 2.24) is 9.47 Å². The molecule has 2 heterocycles. The first-order chi connectivity index (χ1) is 10.3. The molecule has 0 radical (unpaired) electrons. The molecule has 0 aliphatic carbocycles. The Balaban J connectivity index is 2.15. The molecule has 7 nitrogen and oxygen atoms in total. The van der Waals surface area contributed by atoms with E-state index in [9.17, 15) is 19.5 Å². The molecule has 0 saturated carbocycles. The highest BCUT2D eigenvalue weighted by Crippen LogP contribution is 2.22. The Labute approximate surface area is 127 Å². The number of amides is 1. The van der Waals surface area contributed by atoms with Gasteiger partial charge in [-0.15, -0.1) is 0 Å². The molecule has 22 heavy (non-hydrogen) atoms. The molecule has 1 aliphatic rings. The number of carbonyl (C=O) groups excluding carboxylic acids is 1. The van der Waals surface area contributed by atoms with Gasteiger partial charge in [-0.25, -0.2) is 0 Å². The van der Waals surface area contributed by atoms with Crippen molar-refractivity contribution in [3.8, 4) is 5.75 Å². The largest absolute Gasteiger partial charge is 0.508 e. The number of rotatable bonds is 3. The number of carboxylic acid groups (broad SMARTS) is 1. The molecule has 1 amide bonds. The van der Waals surface area contributed by atoms with Gasteiger partial charge in [-0.1, -0.05) is 6.92 Å². The Morgan fingerprint density at radius 2 is 2.00 bits per heavy atom. The Morgan fingerprint density at radius 3 is 2.59 bits per heavy atom. The van der Waals surface area contributed by atoms with Crippen molar-refractivity contribution >= 4 is 11.9 Å². The van der Waals surface area contributed by atoms with E-state index in [1.165, 1.54) is 15.5 Å². The molecule has 1 aromatic rings. The van der Waals surface area contributed by atoms with Crippen LogP contribution in [0.3, 0.4) is 0 Å². The van der Waals surface area contributed by atoms with Gasteiger partial charge >= 0.3 is 5.97 Å². The van der Waals surface area contributed by atoms with Gasteiger partial charge in [-0.2, -0.15) is 0 Å². The first-order valence-electron chi connectivity index (χ1n) is 7.19. The predicted octanol–water partition coefficient (Wildman–Crippen LogP) is 0.432. The van der Waals surface area contributed by atoms with E-state index in [1.54, 1.807) is 6.92 Å². The number of carbonyl (C=O) groups is 2. The molecule has 2 unspecified atom stereocenters. The van der Waals surface area contributed by atoms with Crippen molar-refractivity contribution in [1.29, 1.82) is 0 Å². The van der Waals surface area contributed by atoms with Gasteiger partial charge in [-0.05, 0) is 25.3 Å². The lowest BCUT2D eigenvalue weighted by atomic mass is 9.90. The van der Waals surface area contributed by atoms with Crippen LogP contribution < -0.4 is 5.56 Å². The predicted molar refractivity (Wildman–Crippen MR) is 78.6 cm³/mol. The van der Waals surface area contributed by atoms with Gasteiger partial charge in [0.2, 0.25) is 5.91 Å². The van der Waals surface area contributed by atoms with Crippen LogP contribution >= 0.6 is 0 Å². The highest BCUT2D eigenvalue weighted by molar-refractivity contribution is 5.78. The second-order valence-corrected chi connectivity index (χ2v) is 5.95. The Kier molecular flexibility index (Phi) is 4.54. The molecule has 7 heteroatoms. The summed E-state index contributed by atoms with van der Waals surface area (Å²) >= 11 is 0. The van der Waals surface area contributed by atoms with Crippen LogP contribution in [0.25, 0.3) is 0 Å². The number of carboxylic acids is 1. The van der Waals surface area contributed by atoms with Crippen molar-refractivity contribution in [2.24, 2.45) is 11.8 Å². The summed E-state index contributed by atoms with van der Waals surface area (Å²) in [5.74, 6) is -1.78. The Bertz CT molecular complexity index is 652. The number of likely N-dealkylation sites (tertiary alicyclic amines) is 1. The number of aryl methyl sites for hydroxylation is 1. The van der Waals surface area contributed by atoms with Gasteiger partial charge in [0.25, 0.3) is 5.56 Å². The van der Waals surface area contributed by atoms with E-state index < -0.39 is 17.4 Å². The third-order valence-corrected chi connectivity index (χ3v) is 3.97. The van der Waals surface area contributed by atoms with Gasteiger partial charge in [0.1, 0.15) is 12.3 Å². The molecular formula is C15H20N2O5. The minimum atomic E-state index is -0.901. The monoisotopic (exact) mass is 308 g/mol. The number of aliphatic carboxylic acids is 1. The molecule has 0 spiro atoms. The molecule has 0 bridgehead atoms. The van der Waals surface area contributed by atoms with E-state index in [0.717, 1.165) is 6.07 Å². The minimum Gasteiger partial charge on any atom is -0.508 e. The lowest BCUT2D eigenvalue weighted by Gasteiger charge is -2.34. The maximum absolute atomic E-state index is 12.4. The van der Waals surface area contributed by atoms with Gasteiger partial charge in [-0.3, -0.25) is 14.4 Å². The maximum atomic E-state index is 12.4. The number of nitrogens with zero attached hydrogens (tertiary/aromatic N) is 2. The number of piperidine rings is 1. The molecule has 2 atom stereocenters. The van der Waals surface area contributed by atoms with Crippen LogP contribution in [0, 0.1) is 18.8 Å². The molecule has 2 rings (SSSR count). The average Bonchev–Trinajstić information content (AvgIpc) is 2.41.